The minimum atomic E-state index is -0.479. The molecule has 0 aliphatic carbocycles. The Bertz CT molecular complexity index is 991. The quantitative estimate of drug-likeness (QED) is 0.433. The summed E-state index contributed by atoms with van der Waals surface area (Å²) in [4.78, 5) is 14.5. The van der Waals surface area contributed by atoms with Crippen LogP contribution in [-0.2, 0) is 0 Å². The van der Waals surface area contributed by atoms with E-state index in [0.29, 0.717) is 16.9 Å². The van der Waals surface area contributed by atoms with Crippen LogP contribution in [0.25, 0.3) is 5.70 Å². The zero-order chi connectivity index (χ0) is 19.6. The minimum absolute atomic E-state index is 0.0258. The van der Waals surface area contributed by atoms with Crippen molar-refractivity contribution in [1.82, 2.24) is 5.32 Å². The van der Waals surface area contributed by atoms with Crippen LogP contribution in [0.5, 0.6) is 0 Å². The maximum Gasteiger partial charge on any atom is 0.269 e. The van der Waals surface area contributed by atoms with E-state index in [0.717, 1.165) is 11.1 Å². The number of hydrogen-bond donors (Lipinski definition) is 3. The number of nitrogens with one attached hydrogen (secondary N) is 2. The fraction of sp³-hybridized carbons (Fsp3) is 0.105. The van der Waals surface area contributed by atoms with Gasteiger partial charge >= 0.3 is 0 Å². The number of nitrogens with two attached hydrogens (primary N) is 1. The molecule has 0 aromatic heterocycles. The number of hydrogen-bond acceptors (Lipinski definition) is 7. The molecular weight excluding hydrogens is 346 g/mol. The minimum Gasteiger partial charge on any atom is -0.859 e. The first kappa shape index (κ1) is 18.0. The van der Waals surface area contributed by atoms with Gasteiger partial charge in [0.1, 0.15) is 0 Å². The van der Waals surface area contributed by atoms with Gasteiger partial charge in [-0.1, -0.05) is 12.1 Å². The molecule has 0 amide bonds. The molecule has 4 N–H and O–H groups in total. The lowest BCUT2D eigenvalue weighted by molar-refractivity contribution is -0.384. The van der Waals surface area contributed by atoms with Crippen molar-refractivity contribution in [2.45, 2.75) is 13.8 Å². The Labute approximate surface area is 155 Å². The van der Waals surface area contributed by atoms with Gasteiger partial charge in [0.15, 0.2) is 5.96 Å². The fourth-order valence-electron chi connectivity index (χ4n) is 2.59. The molecule has 8 heteroatoms. The van der Waals surface area contributed by atoms with E-state index in [4.69, 9.17) is 5.73 Å². The smallest absolute Gasteiger partial charge is 0.269 e. The van der Waals surface area contributed by atoms with E-state index in [1.165, 1.54) is 12.1 Å². The summed E-state index contributed by atoms with van der Waals surface area (Å²) in [6.45, 7) is 3.85. The largest absolute Gasteiger partial charge is 0.859 e. The van der Waals surface area contributed by atoms with E-state index in [1.54, 1.807) is 18.2 Å². The lowest BCUT2D eigenvalue weighted by Crippen LogP contribution is -2.36. The van der Waals surface area contributed by atoms with Crippen LogP contribution >= 0.6 is 0 Å². The summed E-state index contributed by atoms with van der Waals surface area (Å²) in [7, 11) is 0. The zero-order valence-electron chi connectivity index (χ0n) is 14.8. The average Bonchev–Trinajstić information content (AvgIpc) is 2.64. The summed E-state index contributed by atoms with van der Waals surface area (Å²) < 4.78 is 0. The predicted octanol–water partition coefficient (Wildman–Crippen LogP) is 2.11. The number of nitro groups is 1. The molecule has 0 bridgehead atoms. The van der Waals surface area contributed by atoms with Crippen LogP contribution in [0.1, 0.15) is 16.7 Å². The van der Waals surface area contributed by atoms with Crippen LogP contribution < -0.4 is 21.5 Å². The number of aryl methyl sites for hydroxylation is 2. The van der Waals surface area contributed by atoms with Gasteiger partial charge in [0.25, 0.3) is 5.69 Å². The summed E-state index contributed by atoms with van der Waals surface area (Å²) >= 11 is 0. The standard InChI is InChI=1S/C19H19N5O3/c1-11-3-4-12(2)15(9-11)21-18(25)17-10-16(22-19(20)23-17)13-5-7-14(8-6-13)24(26)27/h3-10,21,25H,1-2H3,(H3,20,22,23)/p-1. The summed E-state index contributed by atoms with van der Waals surface area (Å²) in [5, 5.41) is 29.0. The van der Waals surface area contributed by atoms with Crippen molar-refractivity contribution in [2.75, 3.05) is 5.32 Å². The highest BCUT2D eigenvalue weighted by atomic mass is 16.6. The molecule has 1 aliphatic heterocycles. The van der Waals surface area contributed by atoms with Gasteiger partial charge in [0, 0.05) is 23.4 Å². The third kappa shape index (κ3) is 4.06. The molecule has 0 radical (unpaired) electrons. The number of allylic oxidation sites excluding steroid dienone is 1. The lowest BCUT2D eigenvalue weighted by atomic mass is 10.1. The third-order valence-corrected chi connectivity index (χ3v) is 4.04. The molecule has 1 heterocycles. The van der Waals surface area contributed by atoms with E-state index in [2.05, 4.69) is 15.6 Å². The van der Waals surface area contributed by atoms with Gasteiger partial charge in [-0.25, -0.2) is 4.99 Å². The number of guanidine groups is 1. The number of benzene rings is 2. The van der Waals surface area contributed by atoms with Crippen molar-refractivity contribution >= 4 is 23.0 Å². The maximum absolute atomic E-state index is 12.6. The Morgan fingerprint density at radius 2 is 1.89 bits per heavy atom. The monoisotopic (exact) mass is 364 g/mol. The molecule has 2 aromatic carbocycles. The van der Waals surface area contributed by atoms with Crippen molar-refractivity contribution in [3.05, 3.63) is 86.9 Å². The van der Waals surface area contributed by atoms with Gasteiger partial charge in [-0.2, -0.15) is 0 Å². The van der Waals surface area contributed by atoms with Gasteiger partial charge in [0.2, 0.25) is 0 Å². The van der Waals surface area contributed by atoms with E-state index in [-0.39, 0.29) is 23.2 Å². The molecule has 2 aromatic rings. The predicted molar refractivity (Wildman–Crippen MR) is 102 cm³/mol. The highest BCUT2D eigenvalue weighted by molar-refractivity contribution is 5.90. The van der Waals surface area contributed by atoms with Crippen molar-refractivity contribution in [3.63, 3.8) is 0 Å². The van der Waals surface area contributed by atoms with Crippen LogP contribution in [0, 0.1) is 24.0 Å². The number of anilines is 1. The molecule has 27 heavy (non-hydrogen) atoms. The fourth-order valence-corrected chi connectivity index (χ4v) is 2.59. The van der Waals surface area contributed by atoms with Crippen molar-refractivity contribution in [1.29, 1.82) is 0 Å². The number of rotatable bonds is 4. The molecule has 0 fully saturated rings. The first-order valence-electron chi connectivity index (χ1n) is 8.17. The summed E-state index contributed by atoms with van der Waals surface area (Å²) in [5.41, 5.74) is 9.74. The Kier molecular flexibility index (Phi) is 4.80. The highest BCUT2D eigenvalue weighted by Gasteiger charge is 2.13. The van der Waals surface area contributed by atoms with Crippen LogP contribution in [0.4, 0.5) is 11.4 Å². The molecule has 8 nitrogen and oxygen atoms in total. The first-order valence-corrected chi connectivity index (χ1v) is 8.17. The number of aliphatic imine (C=N–C) groups is 1. The summed E-state index contributed by atoms with van der Waals surface area (Å²) in [6, 6.07) is 11.7. The molecule has 1 aliphatic rings. The Morgan fingerprint density at radius 3 is 2.56 bits per heavy atom. The number of nitrogens with zero attached hydrogens (tertiary/aromatic N) is 2. The lowest BCUT2D eigenvalue weighted by Gasteiger charge is -2.24. The molecule has 0 saturated carbocycles. The molecule has 138 valence electrons. The van der Waals surface area contributed by atoms with E-state index >= 15 is 0 Å². The van der Waals surface area contributed by atoms with Gasteiger partial charge < -0.3 is 21.5 Å². The molecular formula is C19H18N5O3-. The third-order valence-electron chi connectivity index (χ3n) is 4.04. The Hall–Kier alpha value is -3.81. The van der Waals surface area contributed by atoms with Crippen LogP contribution in [0.3, 0.4) is 0 Å². The first-order chi connectivity index (χ1) is 12.8. The second kappa shape index (κ2) is 7.20. The zero-order valence-corrected chi connectivity index (χ0v) is 14.8. The number of non-ortho nitro benzene ring substituents is 1. The van der Waals surface area contributed by atoms with Gasteiger partial charge in [0.05, 0.1) is 16.3 Å². The van der Waals surface area contributed by atoms with Crippen molar-refractivity contribution < 1.29 is 10.0 Å². The molecule has 0 unspecified atom stereocenters. The van der Waals surface area contributed by atoms with Crippen LogP contribution in [-0.4, -0.2) is 10.9 Å². The van der Waals surface area contributed by atoms with Crippen molar-refractivity contribution in [3.8, 4) is 0 Å². The highest BCUT2D eigenvalue weighted by Crippen LogP contribution is 2.24. The normalized spacial score (nSPS) is 15.3. The van der Waals surface area contributed by atoms with E-state index in [9.17, 15) is 15.2 Å². The maximum atomic E-state index is 12.6. The summed E-state index contributed by atoms with van der Waals surface area (Å²) in [6.07, 6.45) is 1.55. The molecule has 0 spiro atoms. The van der Waals surface area contributed by atoms with Gasteiger partial charge in [-0.3, -0.25) is 10.1 Å². The average molecular weight is 364 g/mol. The van der Waals surface area contributed by atoms with Crippen molar-refractivity contribution in [2.24, 2.45) is 10.7 Å². The Morgan fingerprint density at radius 1 is 1.19 bits per heavy atom. The second-order valence-corrected chi connectivity index (χ2v) is 6.14. The van der Waals surface area contributed by atoms with Crippen LogP contribution in [0.2, 0.25) is 0 Å². The second-order valence-electron chi connectivity index (χ2n) is 6.14. The van der Waals surface area contributed by atoms with Gasteiger partial charge in [-0.15, -0.1) is 0 Å². The topological polar surface area (TPSA) is 129 Å². The van der Waals surface area contributed by atoms with Crippen LogP contribution in [0.15, 0.2) is 65.1 Å². The number of nitro benzene ring substituents is 1. The van der Waals surface area contributed by atoms with E-state index in [1.807, 2.05) is 32.0 Å². The summed E-state index contributed by atoms with van der Waals surface area (Å²) in [5.74, 6) is -0.294. The SMILES string of the molecule is Cc1ccc(C)c(NC([O-])=C2C=C(c3ccc([N+](=O)[O-])cc3)N=C(N)N2)c1. The molecule has 0 atom stereocenters. The van der Waals surface area contributed by atoms with E-state index < -0.39 is 4.92 Å². The molecule has 3 rings (SSSR count). The molecule has 0 saturated heterocycles. The van der Waals surface area contributed by atoms with Gasteiger partial charge in [-0.05, 0) is 55.1 Å². The Balaban J connectivity index is 1.93.